The Morgan fingerprint density at radius 2 is 1.76 bits per heavy atom. The molecule has 0 aromatic heterocycles. The zero-order chi connectivity index (χ0) is 30.0. The van der Waals surface area contributed by atoms with Crippen molar-refractivity contribution >= 4 is 46.7 Å². The number of carbonyl (C=O) groups is 1. The summed E-state index contributed by atoms with van der Waals surface area (Å²) in [6.07, 6.45) is -1.44. The third kappa shape index (κ3) is 6.73. The van der Waals surface area contributed by atoms with E-state index in [0.717, 1.165) is 24.2 Å². The number of nitriles is 1. The fraction of sp³-hybridized carbons (Fsp3) is 0.448. The van der Waals surface area contributed by atoms with Crippen LogP contribution in [0, 0.1) is 16.7 Å². The van der Waals surface area contributed by atoms with Gasteiger partial charge in [0.15, 0.2) is 5.11 Å². The lowest BCUT2D eigenvalue weighted by molar-refractivity contribution is -0.137. The van der Waals surface area contributed by atoms with Crippen molar-refractivity contribution in [1.82, 2.24) is 4.90 Å². The van der Waals surface area contributed by atoms with Crippen molar-refractivity contribution in [2.45, 2.75) is 57.3 Å². The second-order valence-electron chi connectivity index (χ2n) is 11.2. The van der Waals surface area contributed by atoms with Crippen LogP contribution in [-0.2, 0) is 10.9 Å². The highest BCUT2D eigenvalue weighted by atomic mass is 32.1. The molecular formula is C29H33F3N6O2S. The number of thiocarbonyl (C=S) groups is 1. The summed E-state index contributed by atoms with van der Waals surface area (Å²) in [7, 11) is 0. The van der Waals surface area contributed by atoms with Crippen molar-refractivity contribution in [3.63, 3.8) is 0 Å². The molecule has 41 heavy (non-hydrogen) atoms. The smallest absolute Gasteiger partial charge is 0.417 e. The minimum atomic E-state index is -4.69. The first-order valence-corrected chi connectivity index (χ1v) is 13.7. The molecule has 12 heteroatoms. The van der Waals surface area contributed by atoms with Gasteiger partial charge in [0.25, 0.3) is 0 Å². The van der Waals surface area contributed by atoms with Crippen LogP contribution in [0.15, 0.2) is 42.5 Å². The molecule has 1 aliphatic heterocycles. The van der Waals surface area contributed by atoms with Crippen molar-refractivity contribution < 1.29 is 22.7 Å². The Bertz CT molecular complexity index is 1340. The molecule has 4 rings (SSSR count). The van der Waals surface area contributed by atoms with E-state index in [4.69, 9.17) is 27.6 Å². The van der Waals surface area contributed by atoms with E-state index >= 15 is 0 Å². The van der Waals surface area contributed by atoms with Crippen molar-refractivity contribution in [3.05, 3.63) is 53.6 Å². The standard InChI is InChI=1S/C29H33F3N6O2S/c1-27(2,3)40-26(39)37-15-13-36(14-16-37)22-7-9-23(10-8-22)38(28(19-34)11-4-12-28)25(41)35-21-6-5-20(18-33)24(17-21)29(30,31)32/h5-10,17,19,34H,4,11-16H2,1-3H3,(H,35,41). The molecule has 2 aromatic rings. The van der Waals surface area contributed by atoms with E-state index in [0.29, 0.717) is 44.7 Å². The molecule has 2 N–H and O–H groups in total. The first-order valence-electron chi connectivity index (χ1n) is 13.3. The summed E-state index contributed by atoms with van der Waals surface area (Å²) in [5.74, 6) is 0. The topological polar surface area (TPSA) is 95.7 Å². The number of hydrogen-bond acceptors (Lipinski definition) is 6. The molecule has 1 saturated heterocycles. The van der Waals surface area contributed by atoms with Crippen LogP contribution in [0.4, 0.5) is 35.0 Å². The van der Waals surface area contributed by atoms with E-state index in [-0.39, 0.29) is 16.9 Å². The molecule has 1 amide bonds. The van der Waals surface area contributed by atoms with Gasteiger partial charge in [-0.15, -0.1) is 0 Å². The molecule has 2 aromatic carbocycles. The highest BCUT2D eigenvalue weighted by Gasteiger charge is 2.43. The van der Waals surface area contributed by atoms with E-state index in [1.54, 1.807) is 15.9 Å². The zero-order valence-electron chi connectivity index (χ0n) is 23.2. The lowest BCUT2D eigenvalue weighted by Crippen LogP contribution is -2.59. The number of anilines is 3. The Balaban J connectivity index is 1.52. The van der Waals surface area contributed by atoms with E-state index in [2.05, 4.69) is 10.2 Å². The summed E-state index contributed by atoms with van der Waals surface area (Å²) in [5.41, 5.74) is -0.999. The predicted molar refractivity (Wildman–Crippen MR) is 157 cm³/mol. The van der Waals surface area contributed by atoms with Crippen LogP contribution < -0.4 is 15.1 Å². The molecule has 1 heterocycles. The van der Waals surface area contributed by atoms with Crippen molar-refractivity contribution in [3.8, 4) is 6.07 Å². The fourth-order valence-corrected chi connectivity index (χ4v) is 5.37. The largest absolute Gasteiger partial charge is 0.444 e. The van der Waals surface area contributed by atoms with E-state index < -0.39 is 28.4 Å². The maximum atomic E-state index is 13.5. The molecule has 1 aliphatic carbocycles. The predicted octanol–water partition coefficient (Wildman–Crippen LogP) is 6.41. The lowest BCUT2D eigenvalue weighted by atomic mass is 9.76. The number of halogens is 3. The summed E-state index contributed by atoms with van der Waals surface area (Å²) in [6.45, 7) is 7.83. The average molecular weight is 587 g/mol. The third-order valence-electron chi connectivity index (χ3n) is 7.24. The van der Waals surface area contributed by atoms with E-state index in [1.165, 1.54) is 12.3 Å². The maximum Gasteiger partial charge on any atom is 0.417 e. The van der Waals surface area contributed by atoms with E-state index in [1.807, 2.05) is 45.0 Å². The number of hydrogen-bond donors (Lipinski definition) is 2. The lowest BCUT2D eigenvalue weighted by Gasteiger charge is -2.48. The molecule has 0 unspecified atom stereocenters. The quantitative estimate of drug-likeness (QED) is 0.309. The molecule has 0 radical (unpaired) electrons. The number of amides is 1. The van der Waals surface area contributed by atoms with Crippen LogP contribution in [0.1, 0.15) is 51.2 Å². The minimum absolute atomic E-state index is 0.102. The van der Waals surface area contributed by atoms with Gasteiger partial charge in [0.1, 0.15) is 5.60 Å². The summed E-state index contributed by atoms with van der Waals surface area (Å²) < 4.78 is 46.0. The van der Waals surface area contributed by atoms with Gasteiger partial charge in [-0.05, 0) is 94.7 Å². The molecule has 2 aliphatic rings. The van der Waals surface area contributed by atoms with Gasteiger partial charge in [0, 0.05) is 49.5 Å². The molecule has 0 spiro atoms. The molecule has 2 fully saturated rings. The van der Waals surface area contributed by atoms with Gasteiger partial charge in [-0.25, -0.2) is 4.79 Å². The first-order chi connectivity index (χ1) is 19.3. The van der Waals surface area contributed by atoms with Gasteiger partial charge in [-0.1, -0.05) is 0 Å². The summed E-state index contributed by atoms with van der Waals surface area (Å²) in [5, 5.41) is 20.3. The summed E-state index contributed by atoms with van der Waals surface area (Å²) in [4.78, 5) is 18.0. The molecular weight excluding hydrogens is 553 g/mol. The summed E-state index contributed by atoms with van der Waals surface area (Å²) >= 11 is 5.69. The average Bonchev–Trinajstić information content (AvgIpc) is 2.89. The number of nitrogens with one attached hydrogen (secondary N) is 2. The highest BCUT2D eigenvalue weighted by molar-refractivity contribution is 7.80. The number of piperazine rings is 1. The van der Waals surface area contributed by atoms with Crippen LogP contribution in [0.25, 0.3) is 0 Å². The number of carbonyl (C=O) groups excluding carboxylic acids is 1. The van der Waals surface area contributed by atoms with Gasteiger partial charge >= 0.3 is 12.3 Å². The second kappa shape index (κ2) is 11.6. The number of alkyl halides is 3. The normalized spacial score (nSPS) is 16.7. The first kappa shape index (κ1) is 30.1. The van der Waals surface area contributed by atoms with Gasteiger partial charge < -0.3 is 30.2 Å². The fourth-order valence-electron chi connectivity index (χ4n) is 4.97. The van der Waals surface area contributed by atoms with Crippen molar-refractivity contribution in [2.24, 2.45) is 0 Å². The molecule has 0 atom stereocenters. The highest BCUT2D eigenvalue weighted by Crippen LogP contribution is 2.40. The van der Waals surface area contributed by atoms with E-state index in [9.17, 15) is 18.0 Å². The summed E-state index contributed by atoms with van der Waals surface area (Å²) in [6, 6.07) is 12.6. The van der Waals surface area contributed by atoms with Crippen molar-refractivity contribution in [2.75, 3.05) is 41.3 Å². The van der Waals surface area contributed by atoms with Crippen LogP contribution in [0.3, 0.4) is 0 Å². The van der Waals surface area contributed by atoms with Crippen LogP contribution in [-0.4, -0.2) is 59.6 Å². The SMILES string of the molecule is CC(C)(C)OC(=O)N1CCN(c2ccc(N(C(=S)Nc3ccc(C#N)c(C(F)(F)F)c3)C3(C=N)CCC3)cc2)CC1. The zero-order valence-corrected chi connectivity index (χ0v) is 24.0. The second-order valence-corrected chi connectivity index (χ2v) is 11.6. The maximum absolute atomic E-state index is 13.5. The molecule has 1 saturated carbocycles. The minimum Gasteiger partial charge on any atom is -0.444 e. The number of nitrogens with zero attached hydrogens (tertiary/aromatic N) is 4. The Labute approximate surface area is 243 Å². The van der Waals surface area contributed by atoms with Crippen LogP contribution in [0.5, 0.6) is 0 Å². The Morgan fingerprint density at radius 3 is 2.24 bits per heavy atom. The Kier molecular flexibility index (Phi) is 8.49. The molecule has 8 nitrogen and oxygen atoms in total. The Morgan fingerprint density at radius 1 is 1.12 bits per heavy atom. The van der Waals surface area contributed by atoms with Gasteiger partial charge in [0.05, 0.1) is 22.7 Å². The Hall–Kier alpha value is -3.85. The number of ether oxygens (including phenoxy) is 1. The van der Waals surface area contributed by atoms with Crippen LogP contribution in [0.2, 0.25) is 0 Å². The molecule has 218 valence electrons. The number of benzene rings is 2. The monoisotopic (exact) mass is 586 g/mol. The van der Waals surface area contributed by atoms with Crippen molar-refractivity contribution in [1.29, 1.82) is 10.7 Å². The third-order valence-corrected chi connectivity index (χ3v) is 7.52. The van der Waals surface area contributed by atoms with Gasteiger partial charge in [-0.3, -0.25) is 0 Å². The number of rotatable bonds is 5. The van der Waals surface area contributed by atoms with Crippen LogP contribution >= 0.6 is 12.2 Å². The van der Waals surface area contributed by atoms with Gasteiger partial charge in [-0.2, -0.15) is 18.4 Å². The van der Waals surface area contributed by atoms with Gasteiger partial charge in [0.2, 0.25) is 0 Å². The molecule has 0 bridgehead atoms.